The summed E-state index contributed by atoms with van der Waals surface area (Å²) < 4.78 is 0. The number of aromatic nitrogens is 2. The Morgan fingerprint density at radius 3 is 2.62 bits per heavy atom. The van der Waals surface area contributed by atoms with Gasteiger partial charge in [0.2, 0.25) is 11.9 Å². The van der Waals surface area contributed by atoms with E-state index in [1.165, 1.54) is 4.90 Å². The van der Waals surface area contributed by atoms with E-state index in [1.54, 1.807) is 43.3 Å². The minimum absolute atomic E-state index is 0.146. The van der Waals surface area contributed by atoms with Crippen LogP contribution in [0.5, 0.6) is 0 Å². The molecular formula is C25H22N4O3. The van der Waals surface area contributed by atoms with Gasteiger partial charge in [0.1, 0.15) is 0 Å². The molecule has 1 aliphatic rings. The molecule has 0 radical (unpaired) electrons. The lowest BCUT2D eigenvalue weighted by Gasteiger charge is -2.35. The van der Waals surface area contributed by atoms with Gasteiger partial charge in [-0.2, -0.15) is 0 Å². The Balaban J connectivity index is 1.61. The topological polar surface area (TPSA) is 98.3 Å². The van der Waals surface area contributed by atoms with Crippen LogP contribution >= 0.6 is 0 Å². The van der Waals surface area contributed by atoms with Gasteiger partial charge < -0.3 is 10.1 Å². The number of hydrogen-bond donors (Lipinski definition) is 3. The minimum Gasteiger partial charge on any atom is -0.363 e. The molecule has 0 bridgehead atoms. The average molecular weight is 426 g/mol. The highest BCUT2D eigenvalue weighted by Gasteiger charge is 2.49. The van der Waals surface area contributed by atoms with E-state index >= 15 is 0 Å². The summed E-state index contributed by atoms with van der Waals surface area (Å²) in [4.78, 5) is 34.0. The number of aliphatic hydroxyl groups is 1. The molecule has 0 aliphatic carbocycles. The van der Waals surface area contributed by atoms with Crippen LogP contribution < -0.4 is 5.32 Å². The number of imidazole rings is 1. The Morgan fingerprint density at radius 1 is 1.09 bits per heavy atom. The van der Waals surface area contributed by atoms with Crippen molar-refractivity contribution in [3.8, 4) is 0 Å². The molecule has 32 heavy (non-hydrogen) atoms. The van der Waals surface area contributed by atoms with Crippen LogP contribution in [0.15, 0.2) is 72.8 Å². The summed E-state index contributed by atoms with van der Waals surface area (Å²) >= 11 is 0. The van der Waals surface area contributed by atoms with Crippen LogP contribution in [-0.2, 0) is 17.1 Å². The van der Waals surface area contributed by atoms with Crippen molar-refractivity contribution in [2.24, 2.45) is 0 Å². The molecule has 160 valence electrons. The van der Waals surface area contributed by atoms with Gasteiger partial charge >= 0.3 is 0 Å². The highest BCUT2D eigenvalue weighted by atomic mass is 16.3. The summed E-state index contributed by atoms with van der Waals surface area (Å²) in [6.45, 7) is 2.02. The Labute approximate surface area is 184 Å². The van der Waals surface area contributed by atoms with Gasteiger partial charge in [-0.05, 0) is 23.8 Å². The fourth-order valence-electron chi connectivity index (χ4n) is 4.18. The van der Waals surface area contributed by atoms with E-state index in [2.05, 4.69) is 15.3 Å². The quantitative estimate of drug-likeness (QED) is 0.453. The number of anilines is 1. The van der Waals surface area contributed by atoms with E-state index in [0.717, 1.165) is 11.1 Å². The summed E-state index contributed by atoms with van der Waals surface area (Å²) in [5.41, 5.74) is 2.11. The lowest BCUT2D eigenvalue weighted by atomic mass is 9.93. The minimum atomic E-state index is -1.65. The molecule has 5 rings (SSSR count). The lowest BCUT2D eigenvalue weighted by molar-refractivity contribution is -0.115. The number of H-pyrrole nitrogens is 1. The van der Waals surface area contributed by atoms with Crippen molar-refractivity contribution in [1.29, 1.82) is 0 Å². The number of rotatable bonds is 5. The second kappa shape index (κ2) is 7.62. The molecule has 1 aliphatic heterocycles. The predicted octanol–water partition coefficient (Wildman–Crippen LogP) is 3.76. The Hall–Kier alpha value is -3.97. The molecule has 0 spiro atoms. The zero-order valence-electron chi connectivity index (χ0n) is 17.5. The maximum Gasteiger partial charge on any atom is 0.257 e. The van der Waals surface area contributed by atoms with Gasteiger partial charge in [-0.3, -0.25) is 19.8 Å². The molecule has 0 saturated carbocycles. The zero-order valence-corrected chi connectivity index (χ0v) is 17.5. The van der Waals surface area contributed by atoms with Crippen molar-refractivity contribution in [1.82, 2.24) is 14.9 Å². The molecule has 7 heteroatoms. The van der Waals surface area contributed by atoms with Crippen molar-refractivity contribution < 1.29 is 14.7 Å². The van der Waals surface area contributed by atoms with Gasteiger partial charge in [0.25, 0.3) is 5.91 Å². The van der Waals surface area contributed by atoms with E-state index in [-0.39, 0.29) is 18.4 Å². The van der Waals surface area contributed by atoms with E-state index < -0.39 is 5.72 Å². The zero-order chi connectivity index (χ0) is 22.3. The fraction of sp³-hybridized carbons (Fsp3) is 0.160. The maximum absolute atomic E-state index is 13.3. The first-order valence-corrected chi connectivity index (χ1v) is 10.5. The third-order valence-corrected chi connectivity index (χ3v) is 5.82. The highest BCUT2D eigenvalue weighted by molar-refractivity contribution is 6.00. The Bertz CT molecular complexity index is 1330. The standard InChI is InChI=1S/C25H22N4O3/c1-2-22(30)28-24-26-20-13-12-17(14-21(20)27-24)25(32)19-11-7-6-10-18(19)23(31)29(25)15-16-8-4-3-5-9-16/h3-14,32H,2,15H2,1H3,(H2,26,27,28,30). The molecule has 2 heterocycles. The van der Waals surface area contributed by atoms with Crippen molar-refractivity contribution in [3.05, 3.63) is 95.1 Å². The number of aromatic amines is 1. The molecule has 0 fully saturated rings. The predicted molar refractivity (Wildman–Crippen MR) is 121 cm³/mol. The monoisotopic (exact) mass is 426 g/mol. The third kappa shape index (κ3) is 3.14. The smallest absolute Gasteiger partial charge is 0.257 e. The first-order chi connectivity index (χ1) is 15.5. The van der Waals surface area contributed by atoms with E-state index in [9.17, 15) is 14.7 Å². The van der Waals surface area contributed by atoms with Crippen LogP contribution in [0.1, 0.15) is 40.4 Å². The van der Waals surface area contributed by atoms with E-state index in [1.807, 2.05) is 36.4 Å². The number of amides is 2. The molecule has 2 amide bonds. The van der Waals surface area contributed by atoms with Crippen LogP contribution in [0, 0.1) is 0 Å². The van der Waals surface area contributed by atoms with Crippen LogP contribution in [0.2, 0.25) is 0 Å². The van der Waals surface area contributed by atoms with E-state index in [4.69, 9.17) is 0 Å². The normalized spacial score (nSPS) is 17.6. The summed E-state index contributed by atoms with van der Waals surface area (Å²) in [6, 6.07) is 22.0. The molecule has 1 aromatic heterocycles. The molecule has 3 aromatic carbocycles. The number of fused-ring (bicyclic) bond motifs is 2. The molecule has 1 atom stereocenters. The van der Waals surface area contributed by atoms with Gasteiger partial charge in [-0.1, -0.05) is 61.5 Å². The van der Waals surface area contributed by atoms with Gasteiger partial charge in [0.05, 0.1) is 11.0 Å². The Kier molecular flexibility index (Phi) is 4.75. The second-order valence-electron chi connectivity index (χ2n) is 7.81. The Morgan fingerprint density at radius 2 is 1.84 bits per heavy atom. The van der Waals surface area contributed by atoms with Crippen LogP contribution in [0.4, 0.5) is 5.95 Å². The number of carbonyl (C=O) groups is 2. The van der Waals surface area contributed by atoms with Gasteiger partial charge in [-0.15, -0.1) is 0 Å². The van der Waals surface area contributed by atoms with Crippen molar-refractivity contribution >= 4 is 28.8 Å². The van der Waals surface area contributed by atoms with Gasteiger partial charge in [-0.25, -0.2) is 4.98 Å². The molecule has 3 N–H and O–H groups in total. The largest absolute Gasteiger partial charge is 0.363 e. The fourth-order valence-corrected chi connectivity index (χ4v) is 4.18. The van der Waals surface area contributed by atoms with Crippen molar-refractivity contribution in [2.45, 2.75) is 25.6 Å². The van der Waals surface area contributed by atoms with Crippen molar-refractivity contribution in [2.75, 3.05) is 5.32 Å². The third-order valence-electron chi connectivity index (χ3n) is 5.82. The summed E-state index contributed by atoms with van der Waals surface area (Å²) in [5.74, 6) is -0.0303. The number of nitrogens with one attached hydrogen (secondary N) is 2. The van der Waals surface area contributed by atoms with Crippen LogP contribution in [-0.4, -0.2) is 31.8 Å². The summed E-state index contributed by atoms with van der Waals surface area (Å²) in [5, 5.41) is 14.8. The van der Waals surface area contributed by atoms with E-state index in [0.29, 0.717) is 34.6 Å². The number of hydrogen-bond acceptors (Lipinski definition) is 4. The average Bonchev–Trinajstić information content (AvgIpc) is 3.32. The number of benzene rings is 3. The second-order valence-corrected chi connectivity index (χ2v) is 7.81. The molecule has 7 nitrogen and oxygen atoms in total. The van der Waals surface area contributed by atoms with Gasteiger partial charge in [0, 0.05) is 29.7 Å². The molecule has 0 saturated heterocycles. The highest BCUT2D eigenvalue weighted by Crippen LogP contribution is 2.43. The summed E-state index contributed by atoms with van der Waals surface area (Å²) in [6.07, 6.45) is 0.343. The first-order valence-electron chi connectivity index (χ1n) is 10.5. The summed E-state index contributed by atoms with van der Waals surface area (Å²) in [7, 11) is 0. The molecular weight excluding hydrogens is 404 g/mol. The number of nitrogens with zero attached hydrogens (tertiary/aromatic N) is 2. The SMILES string of the molecule is CCC(=O)Nc1nc2cc(C3(O)c4ccccc4C(=O)N3Cc3ccccc3)ccc2[nH]1. The van der Waals surface area contributed by atoms with Crippen LogP contribution in [0.25, 0.3) is 11.0 Å². The lowest BCUT2D eigenvalue weighted by Crippen LogP contribution is -2.44. The molecule has 1 unspecified atom stereocenters. The number of carbonyl (C=O) groups excluding carboxylic acids is 2. The first kappa shape index (κ1) is 20.0. The molecule has 4 aromatic rings. The van der Waals surface area contributed by atoms with Crippen LogP contribution in [0.3, 0.4) is 0 Å². The van der Waals surface area contributed by atoms with Crippen molar-refractivity contribution in [3.63, 3.8) is 0 Å². The maximum atomic E-state index is 13.3. The van der Waals surface area contributed by atoms with Gasteiger partial charge in [0.15, 0.2) is 5.72 Å².